The van der Waals surface area contributed by atoms with Gasteiger partial charge in [-0.15, -0.1) is 0 Å². The molecule has 0 aliphatic heterocycles. The Morgan fingerprint density at radius 1 is 0.357 bits per heavy atom. The summed E-state index contributed by atoms with van der Waals surface area (Å²) in [5.41, 5.74) is 5.92. The van der Waals surface area contributed by atoms with Crippen LogP contribution in [0.25, 0.3) is 100 Å². The maximum absolute atomic E-state index is 9.40. The molecule has 11 rings (SSSR count). The van der Waals surface area contributed by atoms with E-state index in [1.54, 1.807) is 4.57 Å². The summed E-state index contributed by atoms with van der Waals surface area (Å²) >= 11 is 0. The highest BCUT2D eigenvalue weighted by atomic mass is 15.2. The van der Waals surface area contributed by atoms with E-state index in [2.05, 4.69) is 24.3 Å². The molecule has 0 bridgehead atoms. The molecule has 56 heavy (non-hydrogen) atoms. The Labute approximate surface area is 336 Å². The standard InChI is InChI=1S/C51H33N5/c1-4-16-34(17-5-1)35-28-30-38(31-29-35)50-52-49(37-20-8-3-9-21-37)53-51(54-50)56-44-27-15-12-24-41(44)48-46(56)33-32-45-47(48)40-23-11-14-26-43(40)55(45)42-25-13-10-22-39(42)36-18-6-2-7-19-36/h1-33H/i2D,6D,7D,10D,13D,18D,19D,22D,25D. The third kappa shape index (κ3) is 5.13. The molecule has 5 heteroatoms. The van der Waals surface area contributed by atoms with E-state index in [-0.39, 0.29) is 16.8 Å². The van der Waals surface area contributed by atoms with Crippen LogP contribution in [0.1, 0.15) is 12.3 Å². The van der Waals surface area contributed by atoms with Crippen LogP contribution in [0.5, 0.6) is 0 Å². The van der Waals surface area contributed by atoms with Gasteiger partial charge in [0.05, 0.1) is 40.1 Å². The molecule has 0 radical (unpaired) electrons. The lowest BCUT2D eigenvalue weighted by atomic mass is 10.0. The van der Waals surface area contributed by atoms with Crippen molar-refractivity contribution in [2.45, 2.75) is 0 Å². The second-order valence-corrected chi connectivity index (χ2v) is 13.4. The Hall–Kier alpha value is -7.63. The molecule has 3 heterocycles. The monoisotopic (exact) mass is 724 g/mol. The number of hydrogen-bond donors (Lipinski definition) is 0. The first-order chi connectivity index (χ1) is 31.5. The third-order valence-electron chi connectivity index (χ3n) is 10.2. The third-order valence-corrected chi connectivity index (χ3v) is 10.2. The number of aromatic nitrogens is 5. The van der Waals surface area contributed by atoms with Crippen LogP contribution in [0, 0.1) is 0 Å². The van der Waals surface area contributed by atoms with Crippen molar-refractivity contribution in [3.05, 3.63) is 200 Å². The Bertz CT molecular complexity index is 3730. The van der Waals surface area contributed by atoms with Crippen molar-refractivity contribution in [1.29, 1.82) is 0 Å². The summed E-state index contributed by atoms with van der Waals surface area (Å²) in [5, 5.41) is 3.22. The maximum Gasteiger partial charge on any atom is 0.238 e. The summed E-state index contributed by atoms with van der Waals surface area (Å²) in [5.74, 6) is 1.35. The van der Waals surface area contributed by atoms with Crippen LogP contribution in [0.4, 0.5) is 0 Å². The molecule has 8 aromatic carbocycles. The van der Waals surface area contributed by atoms with Gasteiger partial charge < -0.3 is 4.57 Å². The van der Waals surface area contributed by atoms with Crippen LogP contribution in [0.3, 0.4) is 0 Å². The average Bonchev–Trinajstić information content (AvgIpc) is 3.87. The highest BCUT2D eigenvalue weighted by molar-refractivity contribution is 6.29. The zero-order valence-corrected chi connectivity index (χ0v) is 29.6. The van der Waals surface area contributed by atoms with Crippen molar-refractivity contribution in [3.63, 3.8) is 0 Å². The Morgan fingerprint density at radius 2 is 0.839 bits per heavy atom. The summed E-state index contributed by atoms with van der Waals surface area (Å²) < 4.78 is 83.0. The van der Waals surface area contributed by atoms with Crippen LogP contribution in [-0.4, -0.2) is 24.1 Å². The summed E-state index contributed by atoms with van der Waals surface area (Å²) in [4.78, 5) is 15.3. The Morgan fingerprint density at radius 3 is 1.50 bits per heavy atom. The van der Waals surface area contributed by atoms with Gasteiger partial charge in [0.15, 0.2) is 11.6 Å². The molecule has 0 aliphatic carbocycles. The lowest BCUT2D eigenvalue weighted by Gasteiger charge is -2.14. The number of fused-ring (bicyclic) bond motifs is 7. The summed E-state index contributed by atoms with van der Waals surface area (Å²) in [6, 6.07) is 42.2. The van der Waals surface area contributed by atoms with Gasteiger partial charge in [0.25, 0.3) is 0 Å². The van der Waals surface area contributed by atoms with Gasteiger partial charge in [0.2, 0.25) is 5.95 Å². The van der Waals surface area contributed by atoms with Crippen molar-refractivity contribution < 1.29 is 12.3 Å². The number of rotatable bonds is 6. The first-order valence-electron chi connectivity index (χ1n) is 22.6. The predicted octanol–water partition coefficient (Wildman–Crippen LogP) is 12.7. The SMILES string of the molecule is [2H]c1c([2H])c([2H])c(-c2c([2H])c([2H])c([2H])c([2H])c2-n2c3ccccc3c3c4c5ccccc5n(-c5nc(-c6ccccc6)nc(-c6ccc(-c7ccccc7)cc6)n5)c4ccc32)c([2H])c1[2H]. The van der Waals surface area contributed by atoms with Crippen molar-refractivity contribution in [2.24, 2.45) is 0 Å². The molecule has 0 N–H and O–H groups in total. The minimum Gasteiger partial charge on any atom is -0.309 e. The molecule has 0 unspecified atom stereocenters. The molecular formula is C51H33N5. The molecule has 11 aromatic rings. The van der Waals surface area contributed by atoms with Gasteiger partial charge in [-0.1, -0.05) is 170 Å². The van der Waals surface area contributed by atoms with Crippen molar-refractivity contribution in [1.82, 2.24) is 24.1 Å². The highest BCUT2D eigenvalue weighted by Crippen LogP contribution is 2.43. The zero-order valence-electron chi connectivity index (χ0n) is 38.6. The van der Waals surface area contributed by atoms with E-state index in [1.807, 2.05) is 126 Å². The Balaban J connectivity index is 1.22. The van der Waals surface area contributed by atoms with E-state index in [9.17, 15) is 2.74 Å². The molecule has 262 valence electrons. The van der Waals surface area contributed by atoms with Crippen molar-refractivity contribution >= 4 is 43.6 Å². The van der Waals surface area contributed by atoms with E-state index < -0.39 is 54.4 Å². The van der Waals surface area contributed by atoms with Gasteiger partial charge in [0, 0.05) is 38.2 Å². The smallest absolute Gasteiger partial charge is 0.238 e. The molecule has 0 saturated carbocycles. The second kappa shape index (κ2) is 13.0. The summed E-state index contributed by atoms with van der Waals surface area (Å²) in [6.07, 6.45) is 0. The number of para-hydroxylation sites is 3. The molecular weight excluding hydrogens is 683 g/mol. The summed E-state index contributed by atoms with van der Waals surface area (Å²) in [6.45, 7) is 0. The van der Waals surface area contributed by atoms with Gasteiger partial charge in [-0.3, -0.25) is 4.57 Å². The molecule has 3 aromatic heterocycles. The van der Waals surface area contributed by atoms with E-state index in [0.29, 0.717) is 28.6 Å². The van der Waals surface area contributed by atoms with Crippen LogP contribution >= 0.6 is 0 Å². The van der Waals surface area contributed by atoms with Crippen molar-refractivity contribution in [2.75, 3.05) is 0 Å². The average molecular weight is 725 g/mol. The molecule has 0 aliphatic rings. The minimum absolute atomic E-state index is 0.0447. The van der Waals surface area contributed by atoms with E-state index >= 15 is 0 Å². The van der Waals surface area contributed by atoms with Gasteiger partial charge in [-0.2, -0.15) is 9.97 Å². The predicted molar refractivity (Wildman–Crippen MR) is 230 cm³/mol. The fraction of sp³-hybridized carbons (Fsp3) is 0. The van der Waals surface area contributed by atoms with E-state index in [4.69, 9.17) is 24.5 Å². The number of nitrogens with zero attached hydrogens (tertiary/aromatic N) is 5. The van der Waals surface area contributed by atoms with Gasteiger partial charge in [-0.25, -0.2) is 4.98 Å². The molecule has 0 atom stereocenters. The minimum atomic E-state index is -0.614. The van der Waals surface area contributed by atoms with E-state index in [0.717, 1.165) is 54.8 Å². The molecule has 0 spiro atoms. The first kappa shape index (κ1) is 23.9. The van der Waals surface area contributed by atoms with Crippen molar-refractivity contribution in [3.8, 4) is 56.7 Å². The second-order valence-electron chi connectivity index (χ2n) is 13.4. The van der Waals surface area contributed by atoms with Crippen LogP contribution in [0.15, 0.2) is 200 Å². The molecule has 0 amide bonds. The fourth-order valence-corrected chi connectivity index (χ4v) is 7.76. The maximum atomic E-state index is 9.40. The normalized spacial score (nSPS) is 13.8. The lowest BCUT2D eigenvalue weighted by molar-refractivity contribution is 0.953. The first-order valence-corrected chi connectivity index (χ1v) is 18.1. The van der Waals surface area contributed by atoms with Gasteiger partial charge in [-0.05, 0) is 47.0 Å². The lowest BCUT2D eigenvalue weighted by Crippen LogP contribution is -2.06. The van der Waals surface area contributed by atoms with E-state index in [1.165, 1.54) is 0 Å². The summed E-state index contributed by atoms with van der Waals surface area (Å²) in [7, 11) is 0. The Kier molecular flexibility index (Phi) is 5.57. The quantitative estimate of drug-likeness (QED) is 0.172. The molecule has 5 nitrogen and oxygen atoms in total. The van der Waals surface area contributed by atoms with Crippen LogP contribution < -0.4 is 0 Å². The van der Waals surface area contributed by atoms with Gasteiger partial charge >= 0.3 is 0 Å². The molecule has 0 saturated heterocycles. The van der Waals surface area contributed by atoms with Crippen LogP contribution in [-0.2, 0) is 0 Å². The van der Waals surface area contributed by atoms with Gasteiger partial charge in [0.1, 0.15) is 0 Å². The largest absolute Gasteiger partial charge is 0.309 e. The van der Waals surface area contributed by atoms with Crippen LogP contribution in [0.2, 0.25) is 0 Å². The number of benzene rings is 8. The highest BCUT2D eigenvalue weighted by Gasteiger charge is 2.23. The zero-order chi connectivity index (χ0) is 44.8. The topological polar surface area (TPSA) is 48.5 Å². The fourth-order valence-electron chi connectivity index (χ4n) is 7.76. The molecule has 0 fully saturated rings. The number of hydrogen-bond acceptors (Lipinski definition) is 3.